The summed E-state index contributed by atoms with van der Waals surface area (Å²) >= 11 is 0. The van der Waals surface area contributed by atoms with Crippen LogP contribution in [0.3, 0.4) is 0 Å². The molecule has 1 aliphatic rings. The molecule has 0 saturated heterocycles. The lowest BCUT2D eigenvalue weighted by atomic mass is 10.2. The van der Waals surface area contributed by atoms with Crippen molar-refractivity contribution in [1.29, 1.82) is 0 Å². The van der Waals surface area contributed by atoms with Crippen LogP contribution in [0.1, 0.15) is 18.4 Å². The molecule has 0 aliphatic heterocycles. The minimum Gasteiger partial charge on any atom is -0.485 e. The second-order valence-corrected chi connectivity index (χ2v) is 3.94. The van der Waals surface area contributed by atoms with E-state index in [0.29, 0.717) is 5.75 Å². The zero-order valence-corrected chi connectivity index (χ0v) is 8.63. The fourth-order valence-electron chi connectivity index (χ4n) is 1.40. The zero-order chi connectivity index (χ0) is 10.8. The largest absolute Gasteiger partial charge is 0.485 e. The third-order valence-corrected chi connectivity index (χ3v) is 2.55. The summed E-state index contributed by atoms with van der Waals surface area (Å²) in [5, 5.41) is 0. The van der Waals surface area contributed by atoms with Crippen molar-refractivity contribution in [3.63, 3.8) is 0 Å². The number of Topliss-reactive ketones (excluding diaryl/α,β-unsaturated/α-hetero) is 1. The molecule has 0 aromatic heterocycles. The quantitative estimate of drug-likeness (QED) is 0.759. The Bertz CT molecular complexity index is 383. The van der Waals surface area contributed by atoms with E-state index in [4.69, 9.17) is 4.74 Å². The predicted molar refractivity (Wildman–Crippen MR) is 54.4 cm³/mol. The van der Waals surface area contributed by atoms with E-state index in [1.54, 1.807) is 6.07 Å². The summed E-state index contributed by atoms with van der Waals surface area (Å²) in [4.78, 5) is 11.4. The van der Waals surface area contributed by atoms with Crippen LogP contribution in [-0.2, 0) is 4.79 Å². The summed E-state index contributed by atoms with van der Waals surface area (Å²) in [7, 11) is 0. The molecule has 0 radical (unpaired) electrons. The molecule has 0 atom stereocenters. The minimum absolute atomic E-state index is 0.0644. The van der Waals surface area contributed by atoms with Crippen LogP contribution in [0.15, 0.2) is 18.2 Å². The first kappa shape index (κ1) is 10.1. The molecule has 0 amide bonds. The Morgan fingerprint density at radius 3 is 2.93 bits per heavy atom. The van der Waals surface area contributed by atoms with Crippen molar-refractivity contribution in [2.75, 3.05) is 6.61 Å². The summed E-state index contributed by atoms with van der Waals surface area (Å²) in [6.45, 7) is 1.89. The van der Waals surface area contributed by atoms with Crippen molar-refractivity contribution >= 4 is 5.78 Å². The second kappa shape index (κ2) is 4.01. The van der Waals surface area contributed by atoms with Gasteiger partial charge in [0.25, 0.3) is 0 Å². The molecule has 0 unspecified atom stereocenters. The van der Waals surface area contributed by atoms with Gasteiger partial charge in [-0.1, -0.05) is 6.07 Å². The molecule has 2 rings (SSSR count). The topological polar surface area (TPSA) is 26.3 Å². The summed E-state index contributed by atoms with van der Waals surface area (Å²) in [5.74, 6) is 0.441. The Morgan fingerprint density at radius 2 is 2.27 bits per heavy atom. The van der Waals surface area contributed by atoms with E-state index in [1.165, 1.54) is 12.1 Å². The molecule has 0 heterocycles. The maximum absolute atomic E-state index is 12.9. The molecular weight excluding hydrogens is 195 g/mol. The molecule has 1 aliphatic carbocycles. The van der Waals surface area contributed by atoms with Gasteiger partial charge in [0.2, 0.25) is 0 Å². The lowest BCUT2D eigenvalue weighted by Crippen LogP contribution is -2.13. The van der Waals surface area contributed by atoms with Gasteiger partial charge in [-0.3, -0.25) is 4.79 Å². The second-order valence-electron chi connectivity index (χ2n) is 3.94. The lowest BCUT2D eigenvalue weighted by molar-refractivity contribution is -0.122. The van der Waals surface area contributed by atoms with Gasteiger partial charge >= 0.3 is 0 Å². The molecular formula is C12H13FO2. The maximum atomic E-state index is 12.9. The first-order valence-corrected chi connectivity index (χ1v) is 5.08. The molecule has 15 heavy (non-hydrogen) atoms. The molecule has 1 aromatic carbocycles. The van der Waals surface area contributed by atoms with Gasteiger partial charge in [-0.05, 0) is 31.4 Å². The van der Waals surface area contributed by atoms with E-state index in [0.717, 1.165) is 18.4 Å². The van der Waals surface area contributed by atoms with Crippen molar-refractivity contribution in [2.45, 2.75) is 19.8 Å². The number of ketones is 1. The van der Waals surface area contributed by atoms with Gasteiger partial charge in [0, 0.05) is 12.0 Å². The monoisotopic (exact) mass is 208 g/mol. The predicted octanol–water partition coefficient (Wildman–Crippen LogP) is 2.49. The van der Waals surface area contributed by atoms with Crippen molar-refractivity contribution in [1.82, 2.24) is 0 Å². The molecule has 1 fully saturated rings. The number of hydrogen-bond acceptors (Lipinski definition) is 2. The summed E-state index contributed by atoms with van der Waals surface area (Å²) < 4.78 is 18.2. The minimum atomic E-state index is -0.338. The summed E-state index contributed by atoms with van der Waals surface area (Å²) in [6.07, 6.45) is 1.95. The van der Waals surface area contributed by atoms with E-state index in [9.17, 15) is 9.18 Å². The van der Waals surface area contributed by atoms with E-state index in [-0.39, 0.29) is 24.1 Å². The maximum Gasteiger partial charge on any atom is 0.173 e. The number of carbonyl (C=O) groups is 1. The van der Waals surface area contributed by atoms with Gasteiger partial charge in [0.05, 0.1) is 0 Å². The Hall–Kier alpha value is -1.38. The average Bonchev–Trinajstić information content (AvgIpc) is 3.02. The third-order valence-electron chi connectivity index (χ3n) is 2.55. The smallest absolute Gasteiger partial charge is 0.173 e. The molecule has 0 bridgehead atoms. The summed E-state index contributed by atoms with van der Waals surface area (Å²) in [5.41, 5.74) is 0.847. The normalized spacial score (nSPS) is 15.1. The number of hydrogen-bond donors (Lipinski definition) is 0. The van der Waals surface area contributed by atoms with Gasteiger partial charge < -0.3 is 4.74 Å². The molecule has 0 N–H and O–H groups in total. The number of aryl methyl sites for hydroxylation is 1. The highest BCUT2D eigenvalue weighted by molar-refractivity contribution is 5.84. The van der Waals surface area contributed by atoms with Gasteiger partial charge in [-0.25, -0.2) is 4.39 Å². The van der Waals surface area contributed by atoms with Crippen LogP contribution < -0.4 is 4.74 Å². The number of ether oxygens (including phenoxy) is 1. The highest BCUT2D eigenvalue weighted by Gasteiger charge is 2.29. The fraction of sp³-hybridized carbons (Fsp3) is 0.417. The Balaban J connectivity index is 1.97. The van der Waals surface area contributed by atoms with Crippen LogP contribution >= 0.6 is 0 Å². The highest BCUT2D eigenvalue weighted by Crippen LogP contribution is 2.30. The van der Waals surface area contributed by atoms with Crippen LogP contribution in [0.25, 0.3) is 0 Å². The van der Waals surface area contributed by atoms with Crippen LogP contribution in [0.5, 0.6) is 5.75 Å². The van der Waals surface area contributed by atoms with Gasteiger partial charge in [0.1, 0.15) is 18.2 Å². The Kier molecular flexibility index (Phi) is 2.71. The molecule has 0 spiro atoms. The van der Waals surface area contributed by atoms with Crippen molar-refractivity contribution in [2.24, 2.45) is 5.92 Å². The standard InChI is InChI=1S/C12H13FO2/c1-8-2-5-10(13)6-12(8)15-7-11(14)9-3-4-9/h2,5-6,9H,3-4,7H2,1H3. The van der Waals surface area contributed by atoms with E-state index in [1.807, 2.05) is 6.92 Å². The summed E-state index contributed by atoms with van der Waals surface area (Å²) in [6, 6.07) is 4.34. The van der Waals surface area contributed by atoms with Crippen molar-refractivity contribution in [3.8, 4) is 5.75 Å². The number of carbonyl (C=O) groups excluding carboxylic acids is 1. The van der Waals surface area contributed by atoms with E-state index < -0.39 is 0 Å². The van der Waals surface area contributed by atoms with Crippen LogP contribution in [0.4, 0.5) is 4.39 Å². The van der Waals surface area contributed by atoms with Gasteiger partial charge in [-0.15, -0.1) is 0 Å². The molecule has 1 aromatic rings. The first-order valence-electron chi connectivity index (χ1n) is 5.08. The fourth-order valence-corrected chi connectivity index (χ4v) is 1.40. The Labute approximate surface area is 88.1 Å². The van der Waals surface area contributed by atoms with Crippen LogP contribution in [0, 0.1) is 18.7 Å². The van der Waals surface area contributed by atoms with E-state index in [2.05, 4.69) is 0 Å². The van der Waals surface area contributed by atoms with Gasteiger partial charge in [-0.2, -0.15) is 0 Å². The molecule has 3 heteroatoms. The number of benzene rings is 1. The highest BCUT2D eigenvalue weighted by atomic mass is 19.1. The van der Waals surface area contributed by atoms with E-state index >= 15 is 0 Å². The first-order chi connectivity index (χ1) is 7.16. The van der Waals surface area contributed by atoms with Crippen molar-refractivity contribution in [3.05, 3.63) is 29.6 Å². The SMILES string of the molecule is Cc1ccc(F)cc1OCC(=O)C1CC1. The average molecular weight is 208 g/mol. The van der Waals surface area contributed by atoms with Crippen LogP contribution in [-0.4, -0.2) is 12.4 Å². The van der Waals surface area contributed by atoms with Gasteiger partial charge in [0.15, 0.2) is 5.78 Å². The number of rotatable bonds is 4. The third kappa shape index (κ3) is 2.55. The molecule has 80 valence electrons. The Morgan fingerprint density at radius 1 is 1.53 bits per heavy atom. The van der Waals surface area contributed by atoms with Crippen molar-refractivity contribution < 1.29 is 13.9 Å². The van der Waals surface area contributed by atoms with Crippen LogP contribution in [0.2, 0.25) is 0 Å². The molecule has 1 saturated carbocycles. The molecule has 2 nitrogen and oxygen atoms in total. The number of halogens is 1. The lowest BCUT2D eigenvalue weighted by Gasteiger charge is -2.07. The zero-order valence-electron chi connectivity index (χ0n) is 8.63.